The van der Waals surface area contributed by atoms with E-state index in [-0.39, 0.29) is 12.1 Å². The Hall–Kier alpha value is -3.00. The molecule has 3 aromatic rings. The molecule has 0 atom stereocenters. The molecule has 3 rings (SSSR count). The van der Waals surface area contributed by atoms with Crippen molar-refractivity contribution in [3.05, 3.63) is 68.7 Å². The van der Waals surface area contributed by atoms with Gasteiger partial charge in [-0.25, -0.2) is 9.78 Å². The van der Waals surface area contributed by atoms with Gasteiger partial charge in [-0.3, -0.25) is 19.5 Å². The molecular formula is C19H17BrN4O3. The molecule has 0 bridgehead atoms. The number of halogens is 1. The predicted molar refractivity (Wildman–Crippen MR) is 107 cm³/mol. The van der Waals surface area contributed by atoms with Crippen LogP contribution in [0, 0.1) is 13.8 Å². The number of amides is 3. The van der Waals surface area contributed by atoms with Crippen LogP contribution in [0.4, 0.5) is 10.5 Å². The molecule has 0 radical (unpaired) electrons. The summed E-state index contributed by atoms with van der Waals surface area (Å²) in [4.78, 5) is 40.8. The summed E-state index contributed by atoms with van der Waals surface area (Å²) >= 11 is 3.31. The Morgan fingerprint density at radius 1 is 1.11 bits per heavy atom. The second-order valence-corrected chi connectivity index (χ2v) is 7.06. The van der Waals surface area contributed by atoms with Gasteiger partial charge in [-0.1, -0.05) is 22.0 Å². The van der Waals surface area contributed by atoms with E-state index in [4.69, 9.17) is 0 Å². The minimum absolute atomic E-state index is 0.311. The van der Waals surface area contributed by atoms with Gasteiger partial charge < -0.3 is 5.32 Å². The Morgan fingerprint density at radius 3 is 2.63 bits per heavy atom. The normalized spacial score (nSPS) is 10.6. The Morgan fingerprint density at radius 2 is 1.89 bits per heavy atom. The molecule has 0 fully saturated rings. The molecule has 3 amide bonds. The molecule has 0 saturated carbocycles. The molecule has 2 N–H and O–H groups in total. The highest BCUT2D eigenvalue weighted by atomic mass is 79.9. The first-order valence-electron chi connectivity index (χ1n) is 8.16. The number of aromatic nitrogens is 2. The van der Waals surface area contributed by atoms with Crippen molar-refractivity contribution >= 4 is 44.5 Å². The lowest BCUT2D eigenvalue weighted by Crippen LogP contribution is -2.38. The topological polar surface area (TPSA) is 93.1 Å². The molecule has 2 aromatic carbocycles. The van der Waals surface area contributed by atoms with Gasteiger partial charge in [-0.05, 0) is 55.3 Å². The number of hydrogen-bond acceptors (Lipinski definition) is 4. The average Bonchev–Trinajstić information content (AvgIpc) is 2.61. The number of urea groups is 1. The van der Waals surface area contributed by atoms with Gasteiger partial charge in [0.1, 0.15) is 6.54 Å². The second-order valence-electron chi connectivity index (χ2n) is 6.14. The van der Waals surface area contributed by atoms with Crippen molar-refractivity contribution in [1.29, 1.82) is 0 Å². The van der Waals surface area contributed by atoms with Crippen LogP contribution in [0.25, 0.3) is 10.9 Å². The van der Waals surface area contributed by atoms with Gasteiger partial charge >= 0.3 is 6.03 Å². The van der Waals surface area contributed by atoms with Crippen LogP contribution < -0.4 is 16.2 Å². The number of anilines is 1. The average molecular weight is 429 g/mol. The largest absolute Gasteiger partial charge is 0.325 e. The van der Waals surface area contributed by atoms with Gasteiger partial charge in [-0.15, -0.1) is 0 Å². The van der Waals surface area contributed by atoms with E-state index in [1.165, 1.54) is 6.33 Å². The maximum atomic E-state index is 12.5. The fraction of sp³-hybridized carbons (Fsp3) is 0.158. The molecule has 0 spiro atoms. The van der Waals surface area contributed by atoms with E-state index in [2.05, 4.69) is 31.5 Å². The maximum absolute atomic E-state index is 12.5. The van der Waals surface area contributed by atoms with Gasteiger partial charge in [0.15, 0.2) is 0 Å². The number of hydrogen-bond donors (Lipinski definition) is 2. The summed E-state index contributed by atoms with van der Waals surface area (Å²) in [5.74, 6) is -0.616. The van der Waals surface area contributed by atoms with Crippen molar-refractivity contribution in [3.63, 3.8) is 0 Å². The van der Waals surface area contributed by atoms with Gasteiger partial charge in [0.2, 0.25) is 5.91 Å². The number of fused-ring (bicyclic) bond motifs is 1. The molecule has 0 unspecified atom stereocenters. The van der Waals surface area contributed by atoms with Gasteiger partial charge in [0.05, 0.1) is 17.2 Å². The smallest absolute Gasteiger partial charge is 0.308 e. The zero-order valence-corrected chi connectivity index (χ0v) is 16.3. The summed E-state index contributed by atoms with van der Waals surface area (Å²) < 4.78 is 1.90. The zero-order chi connectivity index (χ0) is 19.6. The number of carbonyl (C=O) groups excluding carboxylic acids is 2. The molecule has 0 aliphatic heterocycles. The van der Waals surface area contributed by atoms with E-state index in [0.29, 0.717) is 16.6 Å². The first-order chi connectivity index (χ1) is 12.8. The zero-order valence-electron chi connectivity index (χ0n) is 14.7. The predicted octanol–water partition coefficient (Wildman–Crippen LogP) is 3.12. The molecule has 0 aliphatic rings. The Labute approximate surface area is 163 Å². The van der Waals surface area contributed by atoms with Gasteiger partial charge in [-0.2, -0.15) is 0 Å². The third-order valence-electron chi connectivity index (χ3n) is 4.12. The molecule has 1 heterocycles. The van der Waals surface area contributed by atoms with Crippen molar-refractivity contribution in [2.24, 2.45) is 0 Å². The van der Waals surface area contributed by atoms with Crippen molar-refractivity contribution in [2.75, 3.05) is 5.32 Å². The number of nitrogens with zero attached hydrogens (tertiary/aromatic N) is 2. The summed E-state index contributed by atoms with van der Waals surface area (Å²) in [5.41, 5.74) is 2.89. The van der Waals surface area contributed by atoms with E-state index in [0.717, 1.165) is 20.2 Å². The van der Waals surface area contributed by atoms with Crippen molar-refractivity contribution < 1.29 is 9.59 Å². The lowest BCUT2D eigenvalue weighted by atomic mass is 10.1. The lowest BCUT2D eigenvalue weighted by molar-refractivity contribution is -0.120. The molecule has 1 aromatic heterocycles. The molecule has 7 nitrogen and oxygen atoms in total. The summed E-state index contributed by atoms with van der Waals surface area (Å²) in [6, 6.07) is 9.92. The standard InChI is InChI=1S/C19H17BrN4O3/c1-11-3-5-14(7-12(11)2)22-19(27)23-17(25)9-24-10-21-16-6-4-13(20)8-15(16)18(24)26/h3-8,10H,9H2,1-2H3,(H2,22,23,25,27). The van der Waals surface area contributed by atoms with E-state index >= 15 is 0 Å². The van der Waals surface area contributed by atoms with Crippen LogP contribution in [0.15, 0.2) is 52.0 Å². The van der Waals surface area contributed by atoms with E-state index in [1.54, 1.807) is 24.3 Å². The van der Waals surface area contributed by atoms with Gasteiger partial charge in [0, 0.05) is 10.2 Å². The number of imide groups is 1. The van der Waals surface area contributed by atoms with Crippen molar-refractivity contribution in [3.8, 4) is 0 Å². The van der Waals surface area contributed by atoms with E-state index < -0.39 is 11.9 Å². The SMILES string of the molecule is Cc1ccc(NC(=O)NC(=O)Cn2cnc3ccc(Br)cc3c2=O)cc1C. The highest BCUT2D eigenvalue weighted by Gasteiger charge is 2.12. The maximum Gasteiger partial charge on any atom is 0.325 e. The second kappa shape index (κ2) is 7.71. The number of aryl methyl sites for hydroxylation is 2. The van der Waals surface area contributed by atoms with Crippen LogP contribution in [-0.4, -0.2) is 21.5 Å². The van der Waals surface area contributed by atoms with Crippen LogP contribution >= 0.6 is 15.9 Å². The molecule has 0 saturated heterocycles. The van der Waals surface area contributed by atoms with Crippen molar-refractivity contribution in [1.82, 2.24) is 14.9 Å². The number of rotatable bonds is 3. The third kappa shape index (κ3) is 4.40. The highest BCUT2D eigenvalue weighted by molar-refractivity contribution is 9.10. The molecule has 0 aliphatic carbocycles. The fourth-order valence-corrected chi connectivity index (χ4v) is 2.91. The highest BCUT2D eigenvalue weighted by Crippen LogP contribution is 2.15. The van der Waals surface area contributed by atoms with Gasteiger partial charge in [0.25, 0.3) is 5.56 Å². The minimum atomic E-state index is -0.659. The van der Waals surface area contributed by atoms with E-state index in [1.807, 2.05) is 26.0 Å². The number of benzene rings is 2. The quantitative estimate of drug-likeness (QED) is 0.669. The van der Waals surface area contributed by atoms with Crippen LogP contribution in [0.2, 0.25) is 0 Å². The molecule has 138 valence electrons. The van der Waals surface area contributed by atoms with Crippen LogP contribution in [0.1, 0.15) is 11.1 Å². The first kappa shape index (κ1) is 18.8. The van der Waals surface area contributed by atoms with Crippen LogP contribution in [-0.2, 0) is 11.3 Å². The van der Waals surface area contributed by atoms with Crippen LogP contribution in [0.3, 0.4) is 0 Å². The molecule has 8 heteroatoms. The summed E-state index contributed by atoms with van der Waals surface area (Å²) in [6.07, 6.45) is 1.29. The van der Waals surface area contributed by atoms with Crippen LogP contribution in [0.5, 0.6) is 0 Å². The molecular weight excluding hydrogens is 412 g/mol. The number of carbonyl (C=O) groups is 2. The monoisotopic (exact) mass is 428 g/mol. The summed E-state index contributed by atoms with van der Waals surface area (Å²) in [5, 5.41) is 5.20. The Balaban J connectivity index is 1.69. The minimum Gasteiger partial charge on any atom is -0.308 e. The number of nitrogens with one attached hydrogen (secondary N) is 2. The van der Waals surface area contributed by atoms with E-state index in [9.17, 15) is 14.4 Å². The lowest BCUT2D eigenvalue weighted by Gasteiger charge is -2.10. The third-order valence-corrected chi connectivity index (χ3v) is 4.61. The summed E-state index contributed by atoms with van der Waals surface area (Å²) in [6.45, 7) is 3.59. The summed E-state index contributed by atoms with van der Waals surface area (Å²) in [7, 11) is 0. The Bertz CT molecular complexity index is 1110. The first-order valence-corrected chi connectivity index (χ1v) is 8.95. The van der Waals surface area contributed by atoms with Crippen molar-refractivity contribution in [2.45, 2.75) is 20.4 Å². The molecule has 27 heavy (non-hydrogen) atoms. The Kier molecular flexibility index (Phi) is 5.36. The fourth-order valence-electron chi connectivity index (χ4n) is 2.55.